The fraction of sp³-hybridized carbons (Fsp3) is 0.344. The number of halogens is 2. The number of para-hydroxylation sites is 1. The number of hydrogen-bond acceptors (Lipinski definition) is 8. The van der Waals surface area contributed by atoms with E-state index in [9.17, 15) is 14.4 Å². The van der Waals surface area contributed by atoms with Crippen LogP contribution in [0.1, 0.15) is 24.1 Å². The zero-order valence-electron chi connectivity index (χ0n) is 25.6. The number of pyridine rings is 1. The Kier molecular flexibility index (Phi) is 10.9. The minimum atomic E-state index is -0.354. The van der Waals surface area contributed by atoms with Crippen molar-refractivity contribution in [1.29, 1.82) is 0 Å². The lowest BCUT2D eigenvalue weighted by Gasteiger charge is -2.26. The van der Waals surface area contributed by atoms with E-state index < -0.39 is 0 Å². The summed E-state index contributed by atoms with van der Waals surface area (Å²) in [6.45, 7) is 2.61. The smallest absolute Gasteiger partial charge is 0.297 e. The first-order valence-electron chi connectivity index (χ1n) is 14.8. The Morgan fingerprint density at radius 2 is 1.98 bits per heavy atom. The van der Waals surface area contributed by atoms with Crippen molar-refractivity contribution in [3.05, 3.63) is 76.0 Å². The number of carbonyl (C=O) groups excluding carboxylic acids is 3. The summed E-state index contributed by atoms with van der Waals surface area (Å²) in [7, 11) is 3.14. The molecule has 5 rings (SSSR count). The van der Waals surface area contributed by atoms with Gasteiger partial charge in [-0.2, -0.15) is 4.98 Å². The molecule has 0 bridgehead atoms. The Morgan fingerprint density at radius 1 is 1.13 bits per heavy atom. The number of benzene rings is 2. The van der Waals surface area contributed by atoms with Crippen LogP contribution < -0.4 is 25.0 Å². The maximum atomic E-state index is 13.0. The Labute approximate surface area is 276 Å². The zero-order chi connectivity index (χ0) is 32.6. The van der Waals surface area contributed by atoms with E-state index in [0.717, 1.165) is 17.8 Å². The summed E-state index contributed by atoms with van der Waals surface area (Å²) in [5, 5.41) is 6.08. The third kappa shape index (κ3) is 7.87. The maximum Gasteiger partial charge on any atom is 0.297 e. The molecule has 0 spiro atoms. The predicted molar refractivity (Wildman–Crippen MR) is 176 cm³/mol. The van der Waals surface area contributed by atoms with Gasteiger partial charge in [0.1, 0.15) is 17.9 Å². The Morgan fingerprint density at radius 3 is 2.74 bits per heavy atom. The summed E-state index contributed by atoms with van der Waals surface area (Å²) in [6, 6.07) is 15.0. The van der Waals surface area contributed by atoms with Crippen LogP contribution in [0.2, 0.25) is 10.0 Å². The number of methoxy groups -OCH3 is 1. The molecular formula is C32H35Cl2N7O5. The number of amides is 3. The van der Waals surface area contributed by atoms with Crippen LogP contribution in [0, 0.1) is 0 Å². The number of carbonyl (C=O) groups is 3. The van der Waals surface area contributed by atoms with Crippen LogP contribution in [-0.2, 0) is 27.5 Å². The van der Waals surface area contributed by atoms with E-state index >= 15 is 0 Å². The molecule has 0 unspecified atom stereocenters. The molecule has 0 aliphatic carbocycles. The number of aromatic nitrogens is 3. The number of fused-ring (bicyclic) bond motifs is 1. The van der Waals surface area contributed by atoms with Gasteiger partial charge in [0, 0.05) is 43.3 Å². The topological polar surface area (TPSA) is 131 Å². The van der Waals surface area contributed by atoms with Gasteiger partial charge < -0.3 is 25.0 Å². The highest BCUT2D eigenvalue weighted by Crippen LogP contribution is 2.36. The van der Waals surface area contributed by atoms with Crippen molar-refractivity contribution in [2.24, 2.45) is 0 Å². The van der Waals surface area contributed by atoms with E-state index in [1.807, 2.05) is 39.8 Å². The molecule has 14 heteroatoms. The second kappa shape index (κ2) is 15.3. The number of likely N-dealkylation sites (N-methyl/N-ethyl adjacent to an activating group) is 1. The SMILES string of the molecule is COc1nc2c(OCc3c(Cl)ccc(N(C)C(=O)CNC(=O)CCCN4CCNC(=O)C4)c3Cl)cccc2n1Cc1ccccn1. The first-order chi connectivity index (χ1) is 22.2. The van der Waals surface area contributed by atoms with E-state index in [1.54, 1.807) is 38.6 Å². The first kappa shape index (κ1) is 33.0. The Balaban J connectivity index is 1.21. The maximum absolute atomic E-state index is 13.0. The number of rotatable bonds is 13. The molecule has 2 N–H and O–H groups in total. The van der Waals surface area contributed by atoms with Crippen molar-refractivity contribution >= 4 is 57.6 Å². The van der Waals surface area contributed by atoms with E-state index in [2.05, 4.69) is 20.6 Å². The van der Waals surface area contributed by atoms with Crippen molar-refractivity contribution in [2.75, 3.05) is 51.8 Å². The lowest BCUT2D eigenvalue weighted by atomic mass is 10.2. The van der Waals surface area contributed by atoms with E-state index in [-0.39, 0.29) is 42.3 Å². The van der Waals surface area contributed by atoms with Crippen LogP contribution in [0.15, 0.2) is 54.7 Å². The minimum absolute atomic E-state index is 0.0114. The summed E-state index contributed by atoms with van der Waals surface area (Å²) in [4.78, 5) is 49.3. The highest BCUT2D eigenvalue weighted by Gasteiger charge is 2.21. The van der Waals surface area contributed by atoms with Crippen LogP contribution in [0.4, 0.5) is 5.69 Å². The highest BCUT2D eigenvalue weighted by molar-refractivity contribution is 6.38. The molecule has 0 atom stereocenters. The van der Waals surface area contributed by atoms with Crippen LogP contribution in [0.25, 0.3) is 11.0 Å². The second-order valence-corrected chi connectivity index (χ2v) is 11.5. The van der Waals surface area contributed by atoms with Gasteiger partial charge in [-0.05, 0) is 49.4 Å². The predicted octanol–water partition coefficient (Wildman–Crippen LogP) is 3.67. The minimum Gasteiger partial charge on any atom is -0.486 e. The largest absolute Gasteiger partial charge is 0.486 e. The van der Waals surface area contributed by atoms with E-state index in [1.165, 1.54) is 4.90 Å². The second-order valence-electron chi connectivity index (χ2n) is 10.7. The van der Waals surface area contributed by atoms with Gasteiger partial charge in [0.2, 0.25) is 17.7 Å². The molecule has 1 fully saturated rings. The molecule has 1 aliphatic rings. The van der Waals surface area contributed by atoms with Gasteiger partial charge in [0.05, 0.1) is 48.7 Å². The Hall–Kier alpha value is -4.39. The third-order valence-corrected chi connectivity index (χ3v) is 8.42. The van der Waals surface area contributed by atoms with Crippen LogP contribution in [0.5, 0.6) is 11.8 Å². The zero-order valence-corrected chi connectivity index (χ0v) is 27.1. The van der Waals surface area contributed by atoms with Crippen LogP contribution in [-0.4, -0.2) is 84.0 Å². The van der Waals surface area contributed by atoms with Gasteiger partial charge in [-0.25, -0.2) is 0 Å². The quantitative estimate of drug-likeness (QED) is 0.221. The average molecular weight is 669 g/mol. The van der Waals surface area contributed by atoms with E-state index in [0.29, 0.717) is 66.1 Å². The normalized spacial score (nSPS) is 13.3. The van der Waals surface area contributed by atoms with Crippen molar-refractivity contribution in [3.63, 3.8) is 0 Å². The number of ether oxygens (including phenoxy) is 2. The number of piperazine rings is 1. The fourth-order valence-corrected chi connectivity index (χ4v) is 5.77. The summed E-state index contributed by atoms with van der Waals surface area (Å²) in [6.07, 6.45) is 2.57. The number of imidazole rings is 1. The summed E-state index contributed by atoms with van der Waals surface area (Å²) in [5.74, 6) is -0.105. The summed E-state index contributed by atoms with van der Waals surface area (Å²) < 4.78 is 13.7. The number of anilines is 1. The molecule has 3 heterocycles. The summed E-state index contributed by atoms with van der Waals surface area (Å²) in [5.41, 5.74) is 3.17. The molecule has 0 radical (unpaired) electrons. The number of hydrogen-bond donors (Lipinski definition) is 2. The summed E-state index contributed by atoms with van der Waals surface area (Å²) >= 11 is 13.3. The molecule has 3 amide bonds. The van der Waals surface area contributed by atoms with Crippen molar-refractivity contribution < 1.29 is 23.9 Å². The van der Waals surface area contributed by atoms with E-state index in [4.69, 9.17) is 32.7 Å². The number of nitrogens with zero attached hydrogens (tertiary/aromatic N) is 5. The molecule has 1 aliphatic heterocycles. The molecule has 4 aromatic rings. The highest BCUT2D eigenvalue weighted by atomic mass is 35.5. The van der Waals surface area contributed by atoms with Crippen LogP contribution in [0.3, 0.4) is 0 Å². The van der Waals surface area contributed by atoms with Crippen molar-refractivity contribution in [1.82, 2.24) is 30.1 Å². The van der Waals surface area contributed by atoms with Gasteiger partial charge in [0.15, 0.2) is 0 Å². The molecule has 2 aromatic heterocycles. The number of nitrogens with one attached hydrogen (secondary N) is 2. The molecular weight excluding hydrogens is 633 g/mol. The molecule has 46 heavy (non-hydrogen) atoms. The standard InChI is InChI=1S/C32H35Cl2N7O5/c1-39(29(44)17-37-27(42)10-6-15-40-16-14-36-28(43)19-40)24-12-11-23(33)22(30(24)34)20-46-26-9-5-8-25-31(26)38-32(45-2)41(25)18-21-7-3-4-13-35-21/h3-5,7-9,11-13H,6,10,14-20H2,1-2H3,(H,36,43)(H,37,42). The Bertz CT molecular complexity index is 1720. The third-order valence-electron chi connectivity index (χ3n) is 7.64. The molecule has 12 nitrogen and oxygen atoms in total. The average Bonchev–Trinajstić information content (AvgIpc) is 3.41. The van der Waals surface area contributed by atoms with Crippen molar-refractivity contribution in [2.45, 2.75) is 26.0 Å². The molecule has 0 saturated carbocycles. The van der Waals surface area contributed by atoms with Gasteiger partial charge in [-0.15, -0.1) is 0 Å². The fourth-order valence-electron chi connectivity index (χ4n) is 5.17. The molecule has 242 valence electrons. The van der Waals surface area contributed by atoms with Gasteiger partial charge >= 0.3 is 0 Å². The van der Waals surface area contributed by atoms with Crippen LogP contribution >= 0.6 is 23.2 Å². The molecule has 1 saturated heterocycles. The van der Waals surface area contributed by atoms with Crippen molar-refractivity contribution in [3.8, 4) is 11.8 Å². The lowest BCUT2D eigenvalue weighted by Crippen LogP contribution is -2.47. The van der Waals surface area contributed by atoms with Gasteiger partial charge in [-0.1, -0.05) is 35.3 Å². The first-order valence-corrected chi connectivity index (χ1v) is 15.6. The van der Waals surface area contributed by atoms with Gasteiger partial charge in [0.25, 0.3) is 6.01 Å². The molecule has 2 aromatic carbocycles. The van der Waals surface area contributed by atoms with Gasteiger partial charge in [-0.3, -0.25) is 28.8 Å². The monoisotopic (exact) mass is 667 g/mol. The lowest BCUT2D eigenvalue weighted by molar-refractivity contribution is -0.125.